The van der Waals surface area contributed by atoms with Gasteiger partial charge < -0.3 is 5.73 Å². The number of ketones is 1. The summed E-state index contributed by atoms with van der Waals surface area (Å²) in [5, 5.41) is 19.6. The summed E-state index contributed by atoms with van der Waals surface area (Å²) >= 11 is 12.9. The molecule has 0 spiro atoms. The third-order valence-corrected chi connectivity index (χ3v) is 8.49. The number of pyridine rings is 1. The Kier molecular flexibility index (Phi) is 7.64. The highest BCUT2D eigenvalue weighted by molar-refractivity contribution is 8.00. The second kappa shape index (κ2) is 11.1. The molecular weight excluding hydrogens is 569 g/mol. The molecule has 0 radical (unpaired) electrons. The number of benzene rings is 2. The van der Waals surface area contributed by atoms with Crippen LogP contribution < -0.4 is 10.6 Å². The van der Waals surface area contributed by atoms with Crippen molar-refractivity contribution in [1.82, 2.24) is 4.98 Å². The van der Waals surface area contributed by atoms with Gasteiger partial charge in [-0.2, -0.15) is 10.5 Å². The predicted octanol–water partition coefficient (Wildman–Crippen LogP) is 5.91. The van der Waals surface area contributed by atoms with Gasteiger partial charge in [-0.05, 0) is 72.4 Å². The number of amides is 2. The summed E-state index contributed by atoms with van der Waals surface area (Å²) in [4.78, 5) is 44.1. The largest absolute Gasteiger partial charge is 0.383 e. The number of nitrogens with two attached hydrogens (primary N) is 1. The van der Waals surface area contributed by atoms with Crippen LogP contribution in [-0.2, 0) is 9.59 Å². The Morgan fingerprint density at radius 2 is 1.75 bits per heavy atom. The summed E-state index contributed by atoms with van der Waals surface area (Å²) in [5.74, 6) is -1.08. The van der Waals surface area contributed by atoms with Gasteiger partial charge in [0.15, 0.2) is 5.78 Å². The Bertz CT molecular complexity index is 1690. The van der Waals surface area contributed by atoms with Crippen LogP contribution in [0.25, 0.3) is 6.08 Å². The Labute approximate surface area is 244 Å². The van der Waals surface area contributed by atoms with Gasteiger partial charge in [0.1, 0.15) is 23.0 Å². The number of aromatic nitrogens is 1. The van der Waals surface area contributed by atoms with Crippen molar-refractivity contribution in [3.05, 3.63) is 86.4 Å². The van der Waals surface area contributed by atoms with Crippen molar-refractivity contribution in [3.8, 4) is 12.1 Å². The van der Waals surface area contributed by atoms with Gasteiger partial charge in [0.2, 0.25) is 11.8 Å². The van der Waals surface area contributed by atoms with E-state index in [1.54, 1.807) is 24.3 Å². The zero-order valence-corrected chi connectivity index (χ0v) is 23.1. The van der Waals surface area contributed by atoms with Gasteiger partial charge in [0.25, 0.3) is 0 Å². The standard InChI is InChI=1S/C29H19Cl2N5O3S/c30-21-9-1-15(11-22(21)31)2-10-23(37)16-5-7-18(8-6-16)36-25(38)12-24(29(36)39)40-28-20(14-33)26(17-3-4-17)19(13-32)27(34)35-28/h1-2,5-11,17,24H,3-4,12H2,(H2,34,35)/b10-2+. The molecule has 1 atom stereocenters. The Hall–Kier alpha value is -4.15. The molecule has 1 aliphatic heterocycles. The molecule has 2 heterocycles. The van der Waals surface area contributed by atoms with E-state index in [0.717, 1.165) is 29.5 Å². The first-order chi connectivity index (χ1) is 19.2. The minimum absolute atomic E-state index is 0.00740. The van der Waals surface area contributed by atoms with Gasteiger partial charge >= 0.3 is 0 Å². The van der Waals surface area contributed by atoms with Crippen LogP contribution in [0.5, 0.6) is 0 Å². The van der Waals surface area contributed by atoms with Crippen LogP contribution in [-0.4, -0.2) is 27.8 Å². The molecule has 1 aromatic heterocycles. The molecule has 2 aliphatic rings. The molecule has 0 bridgehead atoms. The van der Waals surface area contributed by atoms with Crippen LogP contribution in [0.15, 0.2) is 53.6 Å². The second-order valence-electron chi connectivity index (χ2n) is 9.26. The van der Waals surface area contributed by atoms with Gasteiger partial charge in [-0.1, -0.05) is 47.1 Å². The van der Waals surface area contributed by atoms with E-state index in [0.29, 0.717) is 32.4 Å². The van der Waals surface area contributed by atoms with Gasteiger partial charge in [0, 0.05) is 12.0 Å². The average molecular weight is 588 g/mol. The number of allylic oxidation sites excluding steroid dienone is 1. The zero-order chi connectivity index (χ0) is 28.6. The molecule has 40 heavy (non-hydrogen) atoms. The maximum Gasteiger partial charge on any atom is 0.247 e. The highest BCUT2D eigenvalue weighted by atomic mass is 35.5. The number of halogens is 2. The monoisotopic (exact) mass is 587 g/mol. The molecule has 3 aromatic rings. The van der Waals surface area contributed by atoms with Crippen molar-refractivity contribution in [3.63, 3.8) is 0 Å². The van der Waals surface area contributed by atoms with Crippen molar-refractivity contribution in [2.24, 2.45) is 0 Å². The molecule has 5 rings (SSSR count). The summed E-state index contributed by atoms with van der Waals surface area (Å²) in [7, 11) is 0. The molecule has 1 aliphatic carbocycles. The van der Waals surface area contributed by atoms with Crippen molar-refractivity contribution in [2.75, 3.05) is 10.6 Å². The molecule has 1 saturated heterocycles. The molecule has 2 amide bonds. The number of nitrogens with zero attached hydrogens (tertiary/aromatic N) is 4. The van der Waals surface area contributed by atoms with E-state index in [2.05, 4.69) is 11.1 Å². The van der Waals surface area contributed by atoms with E-state index in [4.69, 9.17) is 28.9 Å². The zero-order valence-electron chi connectivity index (χ0n) is 20.7. The van der Waals surface area contributed by atoms with Crippen molar-refractivity contribution < 1.29 is 14.4 Å². The highest BCUT2D eigenvalue weighted by Gasteiger charge is 2.42. The number of carbonyl (C=O) groups is 3. The number of hydrogen-bond acceptors (Lipinski definition) is 8. The number of anilines is 2. The molecule has 1 unspecified atom stereocenters. The van der Waals surface area contributed by atoms with E-state index < -0.39 is 17.1 Å². The fourth-order valence-electron chi connectivity index (χ4n) is 4.45. The fraction of sp³-hybridized carbons (Fsp3) is 0.172. The third-order valence-electron chi connectivity index (χ3n) is 6.58. The van der Waals surface area contributed by atoms with Crippen LogP contribution in [0, 0.1) is 22.7 Å². The van der Waals surface area contributed by atoms with Crippen molar-refractivity contribution >= 4 is 70.1 Å². The van der Waals surface area contributed by atoms with E-state index in [9.17, 15) is 24.9 Å². The quantitative estimate of drug-likeness (QED) is 0.204. The maximum atomic E-state index is 13.3. The lowest BCUT2D eigenvalue weighted by Crippen LogP contribution is -2.31. The summed E-state index contributed by atoms with van der Waals surface area (Å²) in [6.45, 7) is 0. The molecule has 2 fully saturated rings. The predicted molar refractivity (Wildman–Crippen MR) is 153 cm³/mol. The lowest BCUT2D eigenvalue weighted by molar-refractivity contribution is -0.121. The summed E-state index contributed by atoms with van der Waals surface area (Å²) < 4.78 is 0. The SMILES string of the molecule is N#Cc1c(N)nc(SC2CC(=O)N(c3ccc(C(=O)/C=C/c4ccc(Cl)c(Cl)c4)cc3)C2=O)c(C#N)c1C1CC1. The summed E-state index contributed by atoms with van der Waals surface area (Å²) in [6.07, 6.45) is 4.60. The Morgan fingerprint density at radius 1 is 1.05 bits per heavy atom. The third kappa shape index (κ3) is 5.32. The van der Waals surface area contributed by atoms with Crippen LogP contribution >= 0.6 is 35.0 Å². The van der Waals surface area contributed by atoms with Crippen molar-refractivity contribution in [1.29, 1.82) is 10.5 Å². The van der Waals surface area contributed by atoms with Gasteiger partial charge in [-0.3, -0.25) is 14.4 Å². The maximum absolute atomic E-state index is 13.3. The molecule has 198 valence electrons. The van der Waals surface area contributed by atoms with Crippen LogP contribution in [0.4, 0.5) is 11.5 Å². The van der Waals surface area contributed by atoms with Gasteiger partial charge in [0.05, 0.1) is 32.1 Å². The fourth-order valence-corrected chi connectivity index (χ4v) is 5.88. The Balaban J connectivity index is 1.33. The van der Waals surface area contributed by atoms with E-state index in [1.165, 1.54) is 30.3 Å². The van der Waals surface area contributed by atoms with E-state index in [1.807, 2.05) is 6.07 Å². The molecular formula is C29H19Cl2N5O3S. The molecule has 1 saturated carbocycles. The normalized spacial score (nSPS) is 16.8. The highest BCUT2D eigenvalue weighted by Crippen LogP contribution is 2.47. The first-order valence-corrected chi connectivity index (χ1v) is 13.8. The summed E-state index contributed by atoms with van der Waals surface area (Å²) in [5.41, 5.74) is 8.42. The second-order valence-corrected chi connectivity index (χ2v) is 11.3. The lowest BCUT2D eigenvalue weighted by Gasteiger charge is -2.16. The smallest absolute Gasteiger partial charge is 0.247 e. The number of hydrogen-bond donors (Lipinski definition) is 1. The number of carbonyl (C=O) groups excluding carboxylic acids is 3. The molecule has 11 heteroatoms. The first-order valence-electron chi connectivity index (χ1n) is 12.2. The van der Waals surface area contributed by atoms with E-state index in [-0.39, 0.29) is 40.1 Å². The van der Waals surface area contributed by atoms with Crippen LogP contribution in [0.1, 0.15) is 57.8 Å². The minimum Gasteiger partial charge on any atom is -0.383 e. The van der Waals surface area contributed by atoms with Crippen LogP contribution in [0.3, 0.4) is 0 Å². The number of imide groups is 1. The number of nitrogen functional groups attached to an aromatic ring is 1. The molecule has 2 aromatic carbocycles. The lowest BCUT2D eigenvalue weighted by atomic mass is 10.0. The number of nitriles is 2. The number of thioether (sulfide) groups is 1. The van der Waals surface area contributed by atoms with Gasteiger partial charge in [-0.25, -0.2) is 9.88 Å². The number of rotatable bonds is 7. The average Bonchev–Trinajstić information content (AvgIpc) is 3.74. The van der Waals surface area contributed by atoms with E-state index >= 15 is 0 Å². The Morgan fingerprint density at radius 3 is 2.38 bits per heavy atom. The van der Waals surface area contributed by atoms with Gasteiger partial charge in [-0.15, -0.1) is 0 Å². The summed E-state index contributed by atoms with van der Waals surface area (Å²) in [6, 6.07) is 15.3. The van der Waals surface area contributed by atoms with Crippen molar-refractivity contribution in [2.45, 2.75) is 35.5 Å². The topological polar surface area (TPSA) is 141 Å². The first kappa shape index (κ1) is 27.4. The minimum atomic E-state index is -0.818. The van der Waals surface area contributed by atoms with Crippen LogP contribution in [0.2, 0.25) is 10.0 Å². The molecule has 8 nitrogen and oxygen atoms in total. The molecule has 2 N–H and O–H groups in total.